The van der Waals surface area contributed by atoms with E-state index in [0.29, 0.717) is 25.1 Å². The number of rotatable bonds is 2. The van der Waals surface area contributed by atoms with Gasteiger partial charge in [-0.1, -0.05) is 0 Å². The van der Waals surface area contributed by atoms with Crippen LogP contribution in [0.3, 0.4) is 0 Å². The number of carbonyl (C=O) groups is 1. The number of amides is 1. The van der Waals surface area contributed by atoms with Crippen LogP contribution in [0.2, 0.25) is 0 Å². The van der Waals surface area contributed by atoms with Crippen LogP contribution in [0, 0.1) is 5.92 Å². The summed E-state index contributed by atoms with van der Waals surface area (Å²) in [5.41, 5.74) is 0. The van der Waals surface area contributed by atoms with Gasteiger partial charge in [-0.05, 0) is 31.8 Å². The molecule has 2 unspecified atom stereocenters. The first-order valence-electron chi connectivity index (χ1n) is 6.68. The number of ether oxygens (including phenoxy) is 1. The van der Waals surface area contributed by atoms with E-state index in [0.717, 1.165) is 13.1 Å². The van der Waals surface area contributed by atoms with Gasteiger partial charge in [-0.25, -0.2) is 0 Å². The summed E-state index contributed by atoms with van der Waals surface area (Å²) in [6, 6.07) is 0.343. The number of hydrogen-bond donors (Lipinski definition) is 2. The van der Waals surface area contributed by atoms with Crippen LogP contribution in [0.5, 0.6) is 0 Å². The summed E-state index contributed by atoms with van der Waals surface area (Å²) >= 11 is 0. The zero-order valence-electron chi connectivity index (χ0n) is 10.2. The maximum Gasteiger partial charge on any atom is 0.250 e. The molecule has 4 aliphatic heterocycles. The average Bonchev–Trinajstić information content (AvgIpc) is 2.41. The molecule has 0 aromatic heterocycles. The third-order valence-corrected chi connectivity index (χ3v) is 4.20. The second-order valence-electron chi connectivity index (χ2n) is 5.32. The fourth-order valence-electron chi connectivity index (χ4n) is 3.14. The molecule has 2 N–H and O–H groups in total. The molecule has 4 saturated heterocycles. The predicted molar refractivity (Wildman–Crippen MR) is 63.7 cm³/mol. The SMILES string of the molecule is O=C(NC1CN2CCC1CC2)C1CNCCO1. The highest BCUT2D eigenvalue weighted by molar-refractivity contribution is 5.81. The Balaban J connectivity index is 1.54. The largest absolute Gasteiger partial charge is 0.366 e. The monoisotopic (exact) mass is 239 g/mol. The molecule has 0 aromatic rings. The van der Waals surface area contributed by atoms with Gasteiger partial charge in [0, 0.05) is 25.7 Å². The highest BCUT2D eigenvalue weighted by Gasteiger charge is 2.36. The molecule has 96 valence electrons. The number of nitrogens with zero attached hydrogens (tertiary/aromatic N) is 1. The van der Waals surface area contributed by atoms with E-state index in [1.54, 1.807) is 0 Å². The molecule has 2 bridgehead atoms. The van der Waals surface area contributed by atoms with Gasteiger partial charge in [-0.2, -0.15) is 0 Å². The molecule has 4 fully saturated rings. The lowest BCUT2D eigenvalue weighted by Gasteiger charge is -2.45. The highest BCUT2D eigenvalue weighted by atomic mass is 16.5. The summed E-state index contributed by atoms with van der Waals surface area (Å²) in [5, 5.41) is 6.37. The zero-order chi connectivity index (χ0) is 11.7. The van der Waals surface area contributed by atoms with Crippen molar-refractivity contribution in [3.8, 4) is 0 Å². The molecule has 0 saturated carbocycles. The normalized spacial score (nSPS) is 41.2. The van der Waals surface area contributed by atoms with Crippen LogP contribution in [-0.2, 0) is 9.53 Å². The maximum absolute atomic E-state index is 12.0. The third kappa shape index (κ3) is 2.46. The Morgan fingerprint density at radius 2 is 2.18 bits per heavy atom. The van der Waals surface area contributed by atoms with Crippen LogP contribution < -0.4 is 10.6 Å². The first kappa shape index (κ1) is 11.4. The molecule has 2 atom stereocenters. The maximum atomic E-state index is 12.0. The summed E-state index contributed by atoms with van der Waals surface area (Å²) in [4.78, 5) is 14.5. The lowest BCUT2D eigenvalue weighted by atomic mass is 9.84. The van der Waals surface area contributed by atoms with E-state index in [1.807, 2.05) is 0 Å². The second kappa shape index (κ2) is 4.92. The van der Waals surface area contributed by atoms with E-state index < -0.39 is 0 Å². The number of morpholine rings is 1. The topological polar surface area (TPSA) is 53.6 Å². The lowest BCUT2D eigenvalue weighted by molar-refractivity contribution is -0.136. The van der Waals surface area contributed by atoms with E-state index in [4.69, 9.17) is 4.74 Å². The van der Waals surface area contributed by atoms with Crippen molar-refractivity contribution in [2.75, 3.05) is 39.3 Å². The van der Waals surface area contributed by atoms with Crippen LogP contribution in [0.25, 0.3) is 0 Å². The summed E-state index contributed by atoms with van der Waals surface area (Å²) < 4.78 is 5.47. The van der Waals surface area contributed by atoms with Crippen LogP contribution in [0.1, 0.15) is 12.8 Å². The van der Waals surface area contributed by atoms with Crippen LogP contribution in [-0.4, -0.2) is 62.3 Å². The molecule has 4 rings (SSSR count). The van der Waals surface area contributed by atoms with Gasteiger partial charge in [0.2, 0.25) is 0 Å². The van der Waals surface area contributed by atoms with Crippen molar-refractivity contribution in [1.82, 2.24) is 15.5 Å². The number of carbonyl (C=O) groups excluding carboxylic acids is 1. The van der Waals surface area contributed by atoms with Gasteiger partial charge in [-0.15, -0.1) is 0 Å². The van der Waals surface area contributed by atoms with Crippen molar-refractivity contribution in [2.24, 2.45) is 5.92 Å². The van der Waals surface area contributed by atoms with Crippen molar-refractivity contribution in [1.29, 1.82) is 0 Å². The van der Waals surface area contributed by atoms with Crippen molar-refractivity contribution < 1.29 is 9.53 Å². The Labute approximate surface area is 102 Å². The molecule has 0 spiro atoms. The Kier molecular flexibility index (Phi) is 3.31. The molecule has 4 aliphatic rings. The highest BCUT2D eigenvalue weighted by Crippen LogP contribution is 2.27. The van der Waals surface area contributed by atoms with Crippen molar-refractivity contribution >= 4 is 5.91 Å². The molecule has 4 heterocycles. The van der Waals surface area contributed by atoms with Gasteiger partial charge in [0.05, 0.1) is 6.61 Å². The number of hydrogen-bond acceptors (Lipinski definition) is 4. The van der Waals surface area contributed by atoms with Crippen molar-refractivity contribution in [3.05, 3.63) is 0 Å². The molecular weight excluding hydrogens is 218 g/mol. The molecule has 0 radical (unpaired) electrons. The first-order valence-corrected chi connectivity index (χ1v) is 6.68. The summed E-state index contributed by atoms with van der Waals surface area (Å²) in [6.07, 6.45) is 2.17. The Bertz CT molecular complexity index is 283. The van der Waals surface area contributed by atoms with Crippen LogP contribution in [0.15, 0.2) is 0 Å². The fourth-order valence-corrected chi connectivity index (χ4v) is 3.14. The fraction of sp³-hybridized carbons (Fsp3) is 0.917. The van der Waals surface area contributed by atoms with Crippen molar-refractivity contribution in [2.45, 2.75) is 25.0 Å². The van der Waals surface area contributed by atoms with Crippen molar-refractivity contribution in [3.63, 3.8) is 0 Å². The second-order valence-corrected chi connectivity index (χ2v) is 5.32. The summed E-state index contributed by atoms with van der Waals surface area (Å²) in [5.74, 6) is 0.747. The van der Waals surface area contributed by atoms with Gasteiger partial charge in [0.15, 0.2) is 0 Å². The lowest BCUT2D eigenvalue weighted by Crippen LogP contribution is -2.60. The molecule has 1 amide bonds. The zero-order valence-corrected chi connectivity index (χ0v) is 10.2. The molecule has 0 aliphatic carbocycles. The standard InChI is InChI=1S/C12H21N3O2/c16-12(11-7-13-3-6-17-11)14-10-8-15-4-1-9(10)2-5-15/h9-11,13H,1-8H2,(H,14,16). The average molecular weight is 239 g/mol. The Morgan fingerprint density at radius 1 is 1.35 bits per heavy atom. The van der Waals surface area contributed by atoms with E-state index >= 15 is 0 Å². The third-order valence-electron chi connectivity index (χ3n) is 4.20. The van der Waals surface area contributed by atoms with Gasteiger partial charge < -0.3 is 20.3 Å². The van der Waals surface area contributed by atoms with Gasteiger partial charge in [-0.3, -0.25) is 4.79 Å². The summed E-state index contributed by atoms with van der Waals surface area (Å²) in [6.45, 7) is 5.57. The van der Waals surface area contributed by atoms with E-state index in [9.17, 15) is 4.79 Å². The minimum Gasteiger partial charge on any atom is -0.366 e. The minimum atomic E-state index is -0.292. The van der Waals surface area contributed by atoms with Crippen LogP contribution >= 0.6 is 0 Å². The smallest absolute Gasteiger partial charge is 0.250 e. The van der Waals surface area contributed by atoms with Gasteiger partial charge in [0.1, 0.15) is 6.10 Å². The molecule has 0 aromatic carbocycles. The van der Waals surface area contributed by atoms with Gasteiger partial charge >= 0.3 is 0 Å². The number of nitrogens with one attached hydrogen (secondary N) is 2. The number of piperidine rings is 3. The minimum absolute atomic E-state index is 0.0657. The quantitative estimate of drug-likeness (QED) is 0.661. The van der Waals surface area contributed by atoms with E-state index in [2.05, 4.69) is 15.5 Å². The Morgan fingerprint density at radius 3 is 2.76 bits per heavy atom. The first-order chi connectivity index (χ1) is 8.33. The van der Waals surface area contributed by atoms with E-state index in [-0.39, 0.29) is 12.0 Å². The molecule has 5 nitrogen and oxygen atoms in total. The number of fused-ring (bicyclic) bond motifs is 3. The Hall–Kier alpha value is -0.650. The predicted octanol–water partition coefficient (Wildman–Crippen LogP) is -0.815. The molecule has 17 heavy (non-hydrogen) atoms. The van der Waals surface area contributed by atoms with E-state index in [1.165, 1.54) is 25.9 Å². The summed E-state index contributed by atoms with van der Waals surface area (Å²) in [7, 11) is 0. The molecule has 5 heteroatoms. The van der Waals surface area contributed by atoms with Gasteiger partial charge in [0.25, 0.3) is 5.91 Å². The van der Waals surface area contributed by atoms with Crippen LogP contribution in [0.4, 0.5) is 0 Å². The molecular formula is C12H21N3O2.